The summed E-state index contributed by atoms with van der Waals surface area (Å²) in [7, 11) is 1.55. The van der Waals surface area contributed by atoms with E-state index in [0.29, 0.717) is 16.5 Å². The molecule has 4 nitrogen and oxygen atoms in total. The Kier molecular flexibility index (Phi) is 6.99. The number of anilines is 1. The fourth-order valence-corrected chi connectivity index (χ4v) is 4.81. The van der Waals surface area contributed by atoms with Crippen LogP contribution in [0.2, 0.25) is 5.02 Å². The van der Waals surface area contributed by atoms with Gasteiger partial charge in [-0.1, -0.05) is 47.1 Å². The van der Waals surface area contributed by atoms with Gasteiger partial charge in [-0.05, 0) is 43.2 Å². The minimum Gasteiger partial charge on any atom is -0.495 e. The molecule has 0 fully saturated rings. The fraction of sp³-hybridized carbons (Fsp3) is 0.238. The topological polar surface area (TPSA) is 51.2 Å². The third-order valence-electron chi connectivity index (χ3n) is 4.16. The summed E-state index contributed by atoms with van der Waals surface area (Å²) in [6.07, 6.45) is 0.226. The Balaban J connectivity index is 1.56. The summed E-state index contributed by atoms with van der Waals surface area (Å²) >= 11 is 9.36. The second-order valence-electron chi connectivity index (χ2n) is 6.40. The quantitative estimate of drug-likeness (QED) is 0.472. The van der Waals surface area contributed by atoms with E-state index < -0.39 is 0 Å². The number of hydrogen-bond acceptors (Lipinski definition) is 5. The Labute approximate surface area is 178 Å². The van der Waals surface area contributed by atoms with E-state index in [-0.39, 0.29) is 12.3 Å². The van der Waals surface area contributed by atoms with Gasteiger partial charge in [-0.15, -0.1) is 11.3 Å². The molecule has 0 radical (unpaired) electrons. The van der Waals surface area contributed by atoms with Crippen LogP contribution in [0.1, 0.15) is 22.4 Å². The van der Waals surface area contributed by atoms with E-state index in [4.69, 9.17) is 16.3 Å². The van der Waals surface area contributed by atoms with Crippen molar-refractivity contribution in [1.82, 2.24) is 4.98 Å². The van der Waals surface area contributed by atoms with Crippen molar-refractivity contribution in [3.8, 4) is 5.75 Å². The third-order valence-corrected chi connectivity index (χ3v) is 6.58. The molecule has 0 saturated carbocycles. The molecular weight excluding hydrogens is 412 g/mol. The first kappa shape index (κ1) is 20.7. The van der Waals surface area contributed by atoms with Crippen molar-refractivity contribution in [1.29, 1.82) is 0 Å². The van der Waals surface area contributed by atoms with Gasteiger partial charge < -0.3 is 10.1 Å². The molecule has 0 saturated heterocycles. The minimum atomic E-state index is -0.127. The molecule has 3 aromatic rings. The van der Waals surface area contributed by atoms with E-state index in [1.807, 2.05) is 5.38 Å². The van der Waals surface area contributed by atoms with E-state index in [9.17, 15) is 4.79 Å². The Bertz CT molecular complexity index is 988. The molecule has 1 heterocycles. The molecule has 0 unspecified atom stereocenters. The first-order valence-corrected chi connectivity index (χ1v) is 11.0. The predicted octanol–water partition coefficient (Wildman–Crippen LogP) is 5.90. The van der Waals surface area contributed by atoms with Gasteiger partial charge in [0.1, 0.15) is 10.1 Å². The zero-order valence-electron chi connectivity index (χ0n) is 15.9. The van der Waals surface area contributed by atoms with Crippen LogP contribution in [0.25, 0.3) is 0 Å². The molecule has 28 heavy (non-hydrogen) atoms. The number of nitrogens with zero attached hydrogens (tertiary/aromatic N) is 1. The van der Waals surface area contributed by atoms with E-state index in [1.165, 1.54) is 16.7 Å². The van der Waals surface area contributed by atoms with Crippen LogP contribution >= 0.6 is 34.7 Å². The highest BCUT2D eigenvalue weighted by molar-refractivity contribution is 8.00. The molecule has 2 aromatic carbocycles. The van der Waals surface area contributed by atoms with Gasteiger partial charge in [-0.2, -0.15) is 0 Å². The van der Waals surface area contributed by atoms with Crippen molar-refractivity contribution in [3.63, 3.8) is 0 Å². The van der Waals surface area contributed by atoms with Gasteiger partial charge in [0.2, 0.25) is 5.91 Å². The lowest BCUT2D eigenvalue weighted by atomic mass is 10.1. The first-order valence-electron chi connectivity index (χ1n) is 8.71. The Morgan fingerprint density at radius 1 is 1.25 bits per heavy atom. The zero-order valence-corrected chi connectivity index (χ0v) is 18.3. The number of hydrogen-bond donors (Lipinski definition) is 1. The van der Waals surface area contributed by atoms with Crippen LogP contribution in [0.15, 0.2) is 46.1 Å². The molecule has 0 aliphatic rings. The number of thioether (sulfide) groups is 1. The van der Waals surface area contributed by atoms with Gasteiger partial charge in [0.05, 0.1) is 24.2 Å². The number of halogens is 1. The number of benzene rings is 2. The van der Waals surface area contributed by atoms with E-state index >= 15 is 0 Å². The SMILES string of the molecule is COc1ccc(NC(=O)Cc2csc(SCc3cc(C)ccc3C)n2)cc1Cl. The summed E-state index contributed by atoms with van der Waals surface area (Å²) in [6, 6.07) is 11.6. The van der Waals surface area contributed by atoms with Crippen LogP contribution < -0.4 is 10.1 Å². The number of carbonyl (C=O) groups is 1. The van der Waals surface area contributed by atoms with Crippen LogP contribution in [-0.4, -0.2) is 18.0 Å². The van der Waals surface area contributed by atoms with Crippen LogP contribution in [0, 0.1) is 13.8 Å². The van der Waals surface area contributed by atoms with Gasteiger partial charge in [-0.3, -0.25) is 4.79 Å². The second-order valence-corrected chi connectivity index (χ2v) is 8.89. The number of aromatic nitrogens is 1. The third kappa shape index (κ3) is 5.50. The van der Waals surface area contributed by atoms with Gasteiger partial charge in [0, 0.05) is 16.8 Å². The van der Waals surface area contributed by atoms with Crippen molar-refractivity contribution in [2.24, 2.45) is 0 Å². The molecule has 0 atom stereocenters. The van der Waals surface area contributed by atoms with Gasteiger partial charge >= 0.3 is 0 Å². The smallest absolute Gasteiger partial charge is 0.230 e. The number of rotatable bonds is 7. The summed E-state index contributed by atoms with van der Waals surface area (Å²) in [5, 5.41) is 5.24. The highest BCUT2D eigenvalue weighted by Gasteiger charge is 2.10. The maximum Gasteiger partial charge on any atom is 0.230 e. The molecule has 1 aromatic heterocycles. The maximum atomic E-state index is 12.3. The molecule has 1 amide bonds. The van der Waals surface area contributed by atoms with E-state index in [2.05, 4.69) is 42.3 Å². The maximum absolute atomic E-state index is 12.3. The van der Waals surface area contributed by atoms with Crippen molar-refractivity contribution in [2.45, 2.75) is 30.4 Å². The number of carbonyl (C=O) groups excluding carboxylic acids is 1. The molecule has 3 rings (SSSR count). The largest absolute Gasteiger partial charge is 0.495 e. The van der Waals surface area contributed by atoms with Crippen molar-refractivity contribution >= 4 is 46.3 Å². The van der Waals surface area contributed by atoms with Crippen molar-refractivity contribution < 1.29 is 9.53 Å². The molecule has 0 aliphatic carbocycles. The second kappa shape index (κ2) is 9.45. The van der Waals surface area contributed by atoms with Crippen molar-refractivity contribution in [3.05, 3.63) is 69.2 Å². The first-order chi connectivity index (χ1) is 13.4. The predicted molar refractivity (Wildman–Crippen MR) is 118 cm³/mol. The summed E-state index contributed by atoms with van der Waals surface area (Å²) in [6.45, 7) is 4.22. The van der Waals surface area contributed by atoms with Crippen LogP contribution in [-0.2, 0) is 17.0 Å². The van der Waals surface area contributed by atoms with E-state index in [1.54, 1.807) is 48.4 Å². The lowest BCUT2D eigenvalue weighted by Gasteiger charge is -2.07. The zero-order chi connectivity index (χ0) is 20.1. The summed E-state index contributed by atoms with van der Waals surface area (Å²) < 4.78 is 6.09. The van der Waals surface area contributed by atoms with Crippen LogP contribution in [0.3, 0.4) is 0 Å². The molecule has 0 bridgehead atoms. The lowest BCUT2D eigenvalue weighted by molar-refractivity contribution is -0.115. The summed E-state index contributed by atoms with van der Waals surface area (Å²) in [4.78, 5) is 16.9. The monoisotopic (exact) mass is 432 g/mol. The number of thiazole rings is 1. The average molecular weight is 433 g/mol. The fourth-order valence-electron chi connectivity index (χ4n) is 2.64. The Morgan fingerprint density at radius 3 is 2.82 bits per heavy atom. The molecule has 0 spiro atoms. The van der Waals surface area contributed by atoms with E-state index in [0.717, 1.165) is 15.8 Å². The summed E-state index contributed by atoms with van der Waals surface area (Å²) in [5.74, 6) is 1.32. The lowest BCUT2D eigenvalue weighted by Crippen LogP contribution is -2.14. The van der Waals surface area contributed by atoms with Crippen LogP contribution in [0.4, 0.5) is 5.69 Å². The molecule has 7 heteroatoms. The molecular formula is C21H21ClN2O2S2. The minimum absolute atomic E-state index is 0.127. The normalized spacial score (nSPS) is 10.7. The molecule has 1 N–H and O–H groups in total. The van der Waals surface area contributed by atoms with Gasteiger partial charge in [-0.25, -0.2) is 4.98 Å². The Hall–Kier alpha value is -2.02. The average Bonchev–Trinajstić information content (AvgIpc) is 3.09. The summed E-state index contributed by atoms with van der Waals surface area (Å²) in [5.41, 5.74) is 5.26. The number of methoxy groups -OCH3 is 1. The van der Waals surface area contributed by atoms with Crippen LogP contribution in [0.5, 0.6) is 5.75 Å². The number of amides is 1. The highest BCUT2D eigenvalue weighted by Crippen LogP contribution is 2.29. The molecule has 0 aliphatic heterocycles. The number of nitrogens with one attached hydrogen (secondary N) is 1. The molecule has 146 valence electrons. The van der Waals surface area contributed by atoms with Crippen molar-refractivity contribution in [2.75, 3.05) is 12.4 Å². The van der Waals surface area contributed by atoms with Gasteiger partial charge in [0.25, 0.3) is 0 Å². The number of ether oxygens (including phenoxy) is 1. The Morgan fingerprint density at radius 2 is 2.07 bits per heavy atom. The number of aryl methyl sites for hydroxylation is 2. The highest BCUT2D eigenvalue weighted by atomic mass is 35.5. The van der Waals surface area contributed by atoms with Gasteiger partial charge in [0.15, 0.2) is 0 Å². The standard InChI is InChI=1S/C21H21ClN2O2S2/c1-13-4-5-14(2)15(8-13)11-27-21-24-17(12-28-21)10-20(25)23-16-6-7-19(26-3)18(22)9-16/h4-9,12H,10-11H2,1-3H3,(H,23,25).